The molecule has 2 heterocycles. The molecule has 5 heteroatoms. The van der Waals surface area contributed by atoms with Crippen molar-refractivity contribution < 1.29 is 9.32 Å². The molecule has 1 saturated carbocycles. The van der Waals surface area contributed by atoms with Crippen molar-refractivity contribution in [3.8, 4) is 0 Å². The van der Waals surface area contributed by atoms with Gasteiger partial charge in [0.15, 0.2) is 5.82 Å². The minimum atomic E-state index is -0.0294. The summed E-state index contributed by atoms with van der Waals surface area (Å²) >= 11 is 0. The first-order valence-corrected chi connectivity index (χ1v) is 8.48. The third kappa shape index (κ3) is 3.14. The van der Waals surface area contributed by atoms with Crippen LogP contribution in [-0.4, -0.2) is 27.5 Å². The van der Waals surface area contributed by atoms with Gasteiger partial charge in [0, 0.05) is 18.9 Å². The molecule has 2 fully saturated rings. The van der Waals surface area contributed by atoms with E-state index in [-0.39, 0.29) is 11.9 Å². The highest BCUT2D eigenvalue weighted by atomic mass is 16.5. The maximum absolute atomic E-state index is 12.6. The molecule has 1 aliphatic heterocycles. The third-order valence-electron chi connectivity index (χ3n) is 4.73. The van der Waals surface area contributed by atoms with Crippen LogP contribution in [0.1, 0.15) is 61.3 Å². The van der Waals surface area contributed by atoms with Crippen molar-refractivity contribution in [3.63, 3.8) is 0 Å². The largest absolute Gasteiger partial charge is 0.337 e. The molecule has 0 N–H and O–H groups in total. The van der Waals surface area contributed by atoms with Crippen LogP contribution in [0.4, 0.5) is 0 Å². The average Bonchev–Trinajstić information content (AvgIpc) is 3.12. The molecular formula is C18H21N3O2. The van der Waals surface area contributed by atoms with Gasteiger partial charge in [-0.05, 0) is 37.7 Å². The van der Waals surface area contributed by atoms with Crippen LogP contribution in [0.2, 0.25) is 0 Å². The number of amides is 1. The maximum atomic E-state index is 12.6. The summed E-state index contributed by atoms with van der Waals surface area (Å²) in [7, 11) is 0. The number of nitrogens with zero attached hydrogens (tertiary/aromatic N) is 3. The van der Waals surface area contributed by atoms with Gasteiger partial charge >= 0.3 is 0 Å². The van der Waals surface area contributed by atoms with E-state index in [1.807, 2.05) is 23.1 Å². The summed E-state index contributed by atoms with van der Waals surface area (Å²) in [5.41, 5.74) is 1.20. The Labute approximate surface area is 135 Å². The second kappa shape index (κ2) is 6.14. The summed E-state index contributed by atoms with van der Waals surface area (Å²) in [5.74, 6) is 2.11. The first-order valence-electron chi connectivity index (χ1n) is 8.48. The molecule has 0 bridgehead atoms. The Morgan fingerprint density at radius 2 is 2.04 bits per heavy atom. The summed E-state index contributed by atoms with van der Waals surface area (Å²) < 4.78 is 5.44. The minimum Gasteiger partial charge on any atom is -0.337 e. The fourth-order valence-electron chi connectivity index (χ4n) is 3.25. The molecule has 2 aliphatic rings. The minimum absolute atomic E-state index is 0.0294. The van der Waals surface area contributed by atoms with Crippen LogP contribution in [0.15, 0.2) is 34.9 Å². The Kier molecular flexibility index (Phi) is 3.85. The highest BCUT2D eigenvalue weighted by molar-refractivity contribution is 5.77. The topological polar surface area (TPSA) is 59.2 Å². The molecule has 0 spiro atoms. The van der Waals surface area contributed by atoms with E-state index >= 15 is 0 Å². The number of aromatic nitrogens is 2. The molecular weight excluding hydrogens is 290 g/mol. The van der Waals surface area contributed by atoms with Crippen molar-refractivity contribution in [2.75, 3.05) is 6.54 Å². The number of benzene rings is 1. The molecule has 1 aromatic carbocycles. The molecule has 1 amide bonds. The highest BCUT2D eigenvalue weighted by Gasteiger charge is 2.35. The summed E-state index contributed by atoms with van der Waals surface area (Å²) in [6, 6.07) is 10.1. The number of hydrogen-bond acceptors (Lipinski definition) is 4. The van der Waals surface area contributed by atoms with Gasteiger partial charge in [-0.1, -0.05) is 35.5 Å². The molecule has 4 rings (SSSR count). The van der Waals surface area contributed by atoms with Crippen LogP contribution in [0.5, 0.6) is 0 Å². The van der Waals surface area contributed by atoms with Gasteiger partial charge in [0.2, 0.25) is 11.8 Å². The zero-order valence-electron chi connectivity index (χ0n) is 13.1. The Bertz CT molecular complexity index is 679. The summed E-state index contributed by atoms with van der Waals surface area (Å²) in [6.07, 6.45) is 5.54. The van der Waals surface area contributed by atoms with Crippen molar-refractivity contribution in [3.05, 3.63) is 47.6 Å². The molecule has 1 aliphatic carbocycles. The first-order chi connectivity index (χ1) is 11.3. The van der Waals surface area contributed by atoms with E-state index in [9.17, 15) is 4.79 Å². The Morgan fingerprint density at radius 3 is 2.83 bits per heavy atom. The average molecular weight is 311 g/mol. The van der Waals surface area contributed by atoms with Crippen molar-refractivity contribution in [2.45, 2.75) is 50.5 Å². The van der Waals surface area contributed by atoms with Gasteiger partial charge in [-0.2, -0.15) is 4.98 Å². The normalized spacial score (nSPS) is 20.9. The number of aryl methyl sites for hydroxylation is 1. The lowest BCUT2D eigenvalue weighted by Gasteiger charge is -2.21. The van der Waals surface area contributed by atoms with Crippen LogP contribution >= 0.6 is 0 Å². The predicted octanol–water partition coefficient (Wildman–Crippen LogP) is 3.24. The van der Waals surface area contributed by atoms with Gasteiger partial charge in [-0.25, -0.2) is 0 Å². The van der Waals surface area contributed by atoms with Gasteiger partial charge in [0.05, 0.1) is 0 Å². The van der Waals surface area contributed by atoms with Gasteiger partial charge in [0.1, 0.15) is 6.04 Å². The fourth-order valence-corrected chi connectivity index (χ4v) is 3.25. The lowest BCUT2D eigenvalue weighted by atomic mass is 10.1. The van der Waals surface area contributed by atoms with E-state index in [0.717, 1.165) is 44.5 Å². The lowest BCUT2D eigenvalue weighted by molar-refractivity contribution is -0.132. The number of likely N-dealkylation sites (tertiary alicyclic amines) is 1. The van der Waals surface area contributed by atoms with Crippen molar-refractivity contribution in [1.82, 2.24) is 15.0 Å². The Hall–Kier alpha value is -2.17. The zero-order valence-corrected chi connectivity index (χ0v) is 13.1. The lowest BCUT2D eigenvalue weighted by Crippen LogP contribution is -2.30. The second-order valence-corrected chi connectivity index (χ2v) is 6.50. The fraction of sp³-hybridized carbons (Fsp3) is 0.500. The van der Waals surface area contributed by atoms with Crippen molar-refractivity contribution in [1.29, 1.82) is 0 Å². The van der Waals surface area contributed by atoms with Crippen LogP contribution in [0.3, 0.4) is 0 Å². The first kappa shape index (κ1) is 14.4. The molecule has 23 heavy (non-hydrogen) atoms. The van der Waals surface area contributed by atoms with E-state index in [4.69, 9.17) is 4.52 Å². The van der Waals surface area contributed by atoms with E-state index in [1.54, 1.807) is 0 Å². The standard InChI is InChI=1S/C18H21N3O2/c22-16(11-8-13-5-2-1-3-6-13)21-12-4-7-15(21)18-19-17(20-23-18)14-9-10-14/h1-3,5-6,14-15H,4,7-12H2. The van der Waals surface area contributed by atoms with Gasteiger partial charge in [0.25, 0.3) is 0 Å². The van der Waals surface area contributed by atoms with Gasteiger partial charge in [-0.3, -0.25) is 4.79 Å². The number of rotatable bonds is 5. The Balaban J connectivity index is 1.41. The van der Waals surface area contributed by atoms with Crippen molar-refractivity contribution in [2.24, 2.45) is 0 Å². The molecule has 1 aromatic heterocycles. The summed E-state index contributed by atoms with van der Waals surface area (Å²) in [5, 5.41) is 4.09. The monoisotopic (exact) mass is 311 g/mol. The van der Waals surface area contributed by atoms with Crippen LogP contribution in [-0.2, 0) is 11.2 Å². The Morgan fingerprint density at radius 1 is 1.22 bits per heavy atom. The van der Waals surface area contributed by atoms with E-state index in [1.165, 1.54) is 5.56 Å². The molecule has 1 unspecified atom stereocenters. The third-order valence-corrected chi connectivity index (χ3v) is 4.73. The van der Waals surface area contributed by atoms with Gasteiger partial charge in [-0.15, -0.1) is 0 Å². The van der Waals surface area contributed by atoms with E-state index in [0.29, 0.717) is 18.2 Å². The summed E-state index contributed by atoms with van der Waals surface area (Å²) in [4.78, 5) is 19.0. The molecule has 2 aromatic rings. The SMILES string of the molecule is O=C(CCc1ccccc1)N1CCCC1c1nc(C2CC2)no1. The van der Waals surface area contributed by atoms with Crippen LogP contribution in [0.25, 0.3) is 0 Å². The summed E-state index contributed by atoms with van der Waals surface area (Å²) in [6.45, 7) is 0.791. The number of carbonyl (C=O) groups excluding carboxylic acids is 1. The van der Waals surface area contributed by atoms with Crippen LogP contribution in [0, 0.1) is 0 Å². The van der Waals surface area contributed by atoms with Gasteiger partial charge < -0.3 is 9.42 Å². The molecule has 120 valence electrons. The van der Waals surface area contributed by atoms with E-state index in [2.05, 4.69) is 22.3 Å². The molecule has 1 atom stereocenters. The smallest absolute Gasteiger partial charge is 0.249 e. The molecule has 0 radical (unpaired) electrons. The molecule has 5 nitrogen and oxygen atoms in total. The van der Waals surface area contributed by atoms with Crippen molar-refractivity contribution >= 4 is 5.91 Å². The predicted molar refractivity (Wildman–Crippen MR) is 84.7 cm³/mol. The van der Waals surface area contributed by atoms with E-state index < -0.39 is 0 Å². The highest BCUT2D eigenvalue weighted by Crippen LogP contribution is 2.39. The van der Waals surface area contributed by atoms with Crippen LogP contribution < -0.4 is 0 Å². The quantitative estimate of drug-likeness (QED) is 0.850. The zero-order chi connectivity index (χ0) is 15.6. The molecule has 1 saturated heterocycles. The second-order valence-electron chi connectivity index (χ2n) is 6.50. The number of hydrogen-bond donors (Lipinski definition) is 0. The number of carbonyl (C=O) groups is 1. The maximum Gasteiger partial charge on any atom is 0.249 e.